The van der Waals surface area contributed by atoms with Crippen molar-refractivity contribution < 1.29 is 14.6 Å². The number of carbonyl (C=O) groups excluding carboxylic acids is 1. The Morgan fingerprint density at radius 3 is 2.04 bits per heavy atom. The van der Waals surface area contributed by atoms with Gasteiger partial charge in [0.05, 0.1) is 0 Å². The Kier molecular flexibility index (Phi) is 4.38. The molecule has 4 heteroatoms. The summed E-state index contributed by atoms with van der Waals surface area (Å²) in [5.74, 6) is 0.620. The molecule has 1 N–H and O–H groups in total. The maximum Gasteiger partial charge on any atom is 0.172 e. The van der Waals surface area contributed by atoms with Crippen molar-refractivity contribution in [2.24, 2.45) is 0 Å². The molecule has 0 radical (unpaired) electrons. The molecule has 0 aliphatic carbocycles. The monoisotopic (exact) mass is 357 g/mol. The summed E-state index contributed by atoms with van der Waals surface area (Å²) in [5.41, 5.74) is 1.55. The van der Waals surface area contributed by atoms with Crippen molar-refractivity contribution in [3.8, 4) is 11.5 Å². The molecule has 27 heavy (non-hydrogen) atoms. The topological polar surface area (TPSA) is 49.8 Å². The number of hydrogen-bond donors (Lipinski definition) is 1. The van der Waals surface area contributed by atoms with E-state index in [9.17, 15) is 9.90 Å². The van der Waals surface area contributed by atoms with Crippen LogP contribution >= 0.6 is 0 Å². The Balaban J connectivity index is 1.70. The molecule has 0 aliphatic heterocycles. The summed E-state index contributed by atoms with van der Waals surface area (Å²) in [4.78, 5) is 12.7. The van der Waals surface area contributed by atoms with E-state index in [1.165, 1.54) is 0 Å². The normalized spacial score (nSPS) is 10.9. The molecule has 0 aromatic heterocycles. The van der Waals surface area contributed by atoms with Gasteiger partial charge in [-0.05, 0) is 35.0 Å². The lowest BCUT2D eigenvalue weighted by atomic mass is 10.00. The second kappa shape index (κ2) is 7.00. The molecule has 4 aromatic carbocycles. The molecular weight excluding hydrogens is 338 g/mol. The number of fused-ring (bicyclic) bond motifs is 3. The van der Waals surface area contributed by atoms with Crippen LogP contribution in [0.5, 0.6) is 11.5 Å². The fourth-order valence-corrected chi connectivity index (χ4v) is 3.28. The molecule has 0 heterocycles. The lowest BCUT2D eigenvalue weighted by Crippen LogP contribution is -2.23. The fraction of sp³-hybridized carbons (Fsp3) is 0.0870. The van der Waals surface area contributed by atoms with Crippen LogP contribution in [0.2, 0.25) is 0 Å². The molecule has 134 valence electrons. The molecule has 0 amide bonds. The molecule has 0 saturated carbocycles. The fourth-order valence-electron chi connectivity index (χ4n) is 3.28. The Bertz CT molecular complexity index is 1120. The molecule has 4 rings (SSSR count). The van der Waals surface area contributed by atoms with E-state index >= 15 is 0 Å². The third-order valence-corrected chi connectivity index (χ3v) is 4.73. The van der Waals surface area contributed by atoms with Gasteiger partial charge in [-0.2, -0.15) is 0 Å². The van der Waals surface area contributed by atoms with Crippen molar-refractivity contribution in [2.75, 3.05) is 18.7 Å². The molecule has 0 unspecified atom stereocenters. The van der Waals surface area contributed by atoms with Crippen LogP contribution in [0.1, 0.15) is 10.4 Å². The zero-order valence-corrected chi connectivity index (χ0v) is 14.9. The molecule has 4 nitrogen and oxygen atoms in total. The Labute approximate surface area is 157 Å². The first-order valence-corrected chi connectivity index (χ1v) is 8.70. The summed E-state index contributed by atoms with van der Waals surface area (Å²) in [6, 6.07) is 22.9. The highest BCUT2D eigenvalue weighted by Crippen LogP contribution is 2.42. The SMILES string of the molecule is CN(COc1c(O)c2ccccc2c2ccccc12)c1ccc(C=O)cc1. The lowest BCUT2D eigenvalue weighted by molar-refractivity contribution is 0.112. The van der Waals surface area contributed by atoms with Gasteiger partial charge in [0.2, 0.25) is 0 Å². The van der Waals surface area contributed by atoms with Crippen molar-refractivity contribution in [3.05, 3.63) is 78.4 Å². The number of rotatable bonds is 5. The number of carbonyl (C=O) groups is 1. The van der Waals surface area contributed by atoms with Gasteiger partial charge in [0, 0.05) is 29.1 Å². The van der Waals surface area contributed by atoms with Gasteiger partial charge in [0.1, 0.15) is 6.29 Å². The van der Waals surface area contributed by atoms with E-state index in [-0.39, 0.29) is 12.5 Å². The van der Waals surface area contributed by atoms with E-state index in [1.54, 1.807) is 12.1 Å². The van der Waals surface area contributed by atoms with Gasteiger partial charge in [-0.3, -0.25) is 4.79 Å². The minimum Gasteiger partial charge on any atom is -0.504 e. The smallest absolute Gasteiger partial charge is 0.172 e. The zero-order chi connectivity index (χ0) is 18.8. The van der Waals surface area contributed by atoms with Crippen LogP contribution in [0, 0.1) is 0 Å². The maximum absolute atomic E-state index is 10.8. The summed E-state index contributed by atoms with van der Waals surface area (Å²) >= 11 is 0. The Hall–Kier alpha value is -3.53. The first kappa shape index (κ1) is 16.9. The summed E-state index contributed by atoms with van der Waals surface area (Å²) < 4.78 is 6.04. The average Bonchev–Trinajstić information content (AvgIpc) is 2.73. The van der Waals surface area contributed by atoms with Gasteiger partial charge in [-0.15, -0.1) is 0 Å². The second-order valence-corrected chi connectivity index (χ2v) is 6.45. The standard InChI is InChI=1S/C23H19NO3/c1-24(17-12-10-16(14-25)11-13-17)15-27-23-21-9-5-3-7-19(21)18-6-2-4-8-20(18)22(23)26/h2-14,26H,15H2,1H3. The van der Waals surface area contributed by atoms with E-state index in [0.29, 0.717) is 11.3 Å². The zero-order valence-electron chi connectivity index (χ0n) is 14.9. The molecule has 0 bridgehead atoms. The predicted molar refractivity (Wildman–Crippen MR) is 109 cm³/mol. The van der Waals surface area contributed by atoms with Gasteiger partial charge in [0.25, 0.3) is 0 Å². The van der Waals surface area contributed by atoms with Crippen LogP contribution in [-0.4, -0.2) is 25.2 Å². The number of ether oxygens (including phenoxy) is 1. The third kappa shape index (κ3) is 3.06. The molecule has 0 fully saturated rings. The molecule has 0 aliphatic rings. The van der Waals surface area contributed by atoms with Crippen molar-refractivity contribution in [1.29, 1.82) is 0 Å². The third-order valence-electron chi connectivity index (χ3n) is 4.73. The van der Waals surface area contributed by atoms with Crippen molar-refractivity contribution in [1.82, 2.24) is 0 Å². The number of hydrogen-bond acceptors (Lipinski definition) is 4. The van der Waals surface area contributed by atoms with E-state index in [4.69, 9.17) is 4.74 Å². The minimum absolute atomic E-state index is 0.147. The molecule has 0 spiro atoms. The Morgan fingerprint density at radius 2 is 1.41 bits per heavy atom. The number of benzene rings is 4. The number of aldehydes is 1. The van der Waals surface area contributed by atoms with Gasteiger partial charge in [-0.1, -0.05) is 48.5 Å². The summed E-state index contributed by atoms with van der Waals surface area (Å²) in [7, 11) is 1.90. The van der Waals surface area contributed by atoms with Crippen molar-refractivity contribution >= 4 is 33.5 Å². The highest BCUT2D eigenvalue weighted by Gasteiger charge is 2.15. The van der Waals surface area contributed by atoms with Gasteiger partial charge >= 0.3 is 0 Å². The molecule has 4 aromatic rings. The van der Waals surface area contributed by atoms with Crippen LogP contribution in [-0.2, 0) is 0 Å². The molecule has 0 saturated heterocycles. The Morgan fingerprint density at radius 1 is 0.852 bits per heavy atom. The number of nitrogens with zero attached hydrogens (tertiary/aromatic N) is 1. The van der Waals surface area contributed by atoms with Crippen LogP contribution in [0.4, 0.5) is 5.69 Å². The highest BCUT2D eigenvalue weighted by molar-refractivity contribution is 6.13. The minimum atomic E-state index is 0.147. The number of phenolic OH excluding ortho intramolecular Hbond substituents is 1. The number of anilines is 1. The average molecular weight is 357 g/mol. The lowest BCUT2D eigenvalue weighted by Gasteiger charge is -2.21. The summed E-state index contributed by atoms with van der Waals surface area (Å²) in [6.07, 6.45) is 0.819. The van der Waals surface area contributed by atoms with E-state index in [1.807, 2.05) is 72.6 Å². The van der Waals surface area contributed by atoms with Gasteiger partial charge in [-0.25, -0.2) is 0 Å². The van der Waals surface area contributed by atoms with Crippen molar-refractivity contribution in [3.63, 3.8) is 0 Å². The van der Waals surface area contributed by atoms with Gasteiger partial charge in [0.15, 0.2) is 18.2 Å². The largest absolute Gasteiger partial charge is 0.504 e. The first-order chi connectivity index (χ1) is 13.2. The first-order valence-electron chi connectivity index (χ1n) is 8.70. The molecule has 0 atom stereocenters. The van der Waals surface area contributed by atoms with E-state index in [2.05, 4.69) is 0 Å². The van der Waals surface area contributed by atoms with Crippen LogP contribution in [0.25, 0.3) is 21.5 Å². The van der Waals surface area contributed by atoms with Crippen molar-refractivity contribution in [2.45, 2.75) is 0 Å². The second-order valence-electron chi connectivity index (χ2n) is 6.45. The van der Waals surface area contributed by atoms with Crippen LogP contribution in [0.3, 0.4) is 0 Å². The molecular formula is C23H19NO3. The van der Waals surface area contributed by atoms with E-state index in [0.717, 1.165) is 33.5 Å². The van der Waals surface area contributed by atoms with Gasteiger partial charge < -0.3 is 14.7 Å². The highest BCUT2D eigenvalue weighted by atomic mass is 16.5. The van der Waals surface area contributed by atoms with Crippen LogP contribution in [0.15, 0.2) is 72.8 Å². The predicted octanol–water partition coefficient (Wildman–Crippen LogP) is 4.98. The summed E-state index contributed by atoms with van der Waals surface area (Å²) in [6.45, 7) is 0.260. The maximum atomic E-state index is 10.8. The quantitative estimate of drug-likeness (QED) is 0.311. The summed E-state index contributed by atoms with van der Waals surface area (Å²) in [5, 5.41) is 14.5. The van der Waals surface area contributed by atoms with Crippen LogP contribution < -0.4 is 9.64 Å². The number of aromatic hydroxyl groups is 1. The number of phenols is 1. The van der Waals surface area contributed by atoms with E-state index < -0.39 is 0 Å².